The van der Waals surface area contributed by atoms with Gasteiger partial charge in [-0.3, -0.25) is 14.7 Å². The minimum Gasteiger partial charge on any atom is -0.481 e. The van der Waals surface area contributed by atoms with Crippen molar-refractivity contribution in [2.75, 3.05) is 18.4 Å². The summed E-state index contributed by atoms with van der Waals surface area (Å²) >= 11 is 0. The van der Waals surface area contributed by atoms with E-state index >= 15 is 0 Å². The summed E-state index contributed by atoms with van der Waals surface area (Å²) in [5.41, 5.74) is 5.88. The fourth-order valence-corrected chi connectivity index (χ4v) is 4.45. The third-order valence-corrected chi connectivity index (χ3v) is 6.37. The van der Waals surface area contributed by atoms with Gasteiger partial charge in [-0.15, -0.1) is 0 Å². The largest absolute Gasteiger partial charge is 0.481 e. The molecule has 1 aliphatic heterocycles. The van der Waals surface area contributed by atoms with Crippen LogP contribution in [-0.2, 0) is 15.0 Å². The fourth-order valence-electron chi connectivity index (χ4n) is 4.45. The molecule has 0 atom stereocenters. The number of carbonyl (C=O) groups is 2. The lowest BCUT2D eigenvalue weighted by Crippen LogP contribution is -2.48. The van der Waals surface area contributed by atoms with Crippen LogP contribution in [0.3, 0.4) is 0 Å². The zero-order valence-corrected chi connectivity index (χ0v) is 20.9. The van der Waals surface area contributed by atoms with E-state index in [0.29, 0.717) is 0 Å². The number of benzene rings is 2. The van der Waals surface area contributed by atoms with Crippen LogP contribution in [0, 0.1) is 6.92 Å². The first-order valence-electron chi connectivity index (χ1n) is 12.1. The number of aryl methyl sites for hydroxylation is 1. The minimum absolute atomic E-state index is 0.0206. The maximum absolute atomic E-state index is 13.7. The molecule has 2 aromatic heterocycles. The highest BCUT2D eigenvalue weighted by atomic mass is 16.4. The van der Waals surface area contributed by atoms with Crippen LogP contribution in [0.4, 0.5) is 5.69 Å². The van der Waals surface area contributed by atoms with Gasteiger partial charge in [0, 0.05) is 29.9 Å². The van der Waals surface area contributed by atoms with E-state index in [-0.39, 0.29) is 5.91 Å². The van der Waals surface area contributed by atoms with Gasteiger partial charge < -0.3 is 15.7 Å². The van der Waals surface area contributed by atoms with E-state index in [2.05, 4.69) is 55.3 Å². The van der Waals surface area contributed by atoms with E-state index in [9.17, 15) is 4.79 Å². The summed E-state index contributed by atoms with van der Waals surface area (Å²) in [4.78, 5) is 22.7. The summed E-state index contributed by atoms with van der Waals surface area (Å²) in [6.07, 6.45) is 5.15. The Labute approximate surface area is 215 Å². The standard InChI is InChI=1S/C26H26N6O.C2H4O2/c1-18-5-10-24(32-31-18)20-3-2-4-23(15-20)30-25(33)26(11-13-27-14-12-26)22-8-6-19(7-9-22)21-16-28-29-17-21;1-2(3)4/h2-10,15-17,27H,11-14H2,1H3,(H,28,29)(H,30,33);1H3,(H,3,4). The minimum atomic E-state index is -0.833. The molecule has 37 heavy (non-hydrogen) atoms. The van der Waals surface area contributed by atoms with E-state index in [1.165, 1.54) is 0 Å². The zero-order valence-electron chi connectivity index (χ0n) is 20.9. The second kappa shape index (κ2) is 11.6. The number of carboxylic acid groups (broad SMARTS) is 1. The molecule has 0 bridgehead atoms. The number of piperidine rings is 1. The molecule has 4 aromatic rings. The highest BCUT2D eigenvalue weighted by Gasteiger charge is 2.41. The number of H-pyrrole nitrogens is 1. The van der Waals surface area contributed by atoms with Crippen molar-refractivity contribution in [1.29, 1.82) is 0 Å². The maximum atomic E-state index is 13.7. The molecule has 9 nitrogen and oxygen atoms in total. The van der Waals surface area contributed by atoms with Gasteiger partial charge in [0.05, 0.1) is 23.0 Å². The molecule has 190 valence electrons. The topological polar surface area (TPSA) is 133 Å². The van der Waals surface area contributed by atoms with Gasteiger partial charge >= 0.3 is 0 Å². The van der Waals surface area contributed by atoms with Crippen LogP contribution in [0.2, 0.25) is 0 Å². The number of amides is 1. The van der Waals surface area contributed by atoms with Crippen molar-refractivity contribution in [1.82, 2.24) is 25.7 Å². The summed E-state index contributed by atoms with van der Waals surface area (Å²) in [5, 5.41) is 29.3. The number of hydrogen-bond acceptors (Lipinski definition) is 6. The van der Waals surface area contributed by atoms with Crippen LogP contribution in [0.15, 0.2) is 73.1 Å². The number of anilines is 1. The van der Waals surface area contributed by atoms with Crippen molar-refractivity contribution in [3.8, 4) is 22.4 Å². The number of rotatable bonds is 5. The number of aliphatic carboxylic acids is 1. The highest BCUT2D eigenvalue weighted by Crippen LogP contribution is 2.36. The predicted molar refractivity (Wildman–Crippen MR) is 142 cm³/mol. The Balaban J connectivity index is 0.000000747. The van der Waals surface area contributed by atoms with Gasteiger partial charge in [-0.25, -0.2) is 0 Å². The van der Waals surface area contributed by atoms with Gasteiger partial charge in [0.1, 0.15) is 0 Å². The molecular formula is C28H30N6O3. The number of hydrogen-bond donors (Lipinski definition) is 4. The molecule has 4 N–H and O–H groups in total. The first-order valence-corrected chi connectivity index (χ1v) is 12.1. The van der Waals surface area contributed by atoms with Gasteiger partial charge in [0.25, 0.3) is 5.97 Å². The van der Waals surface area contributed by atoms with Gasteiger partial charge in [-0.1, -0.05) is 36.4 Å². The normalized spacial score (nSPS) is 14.2. The molecular weight excluding hydrogens is 468 g/mol. The zero-order chi connectivity index (χ0) is 26.3. The molecule has 1 fully saturated rings. The average molecular weight is 499 g/mol. The molecule has 0 radical (unpaired) electrons. The number of aromatic nitrogens is 4. The second-order valence-corrected chi connectivity index (χ2v) is 9.01. The number of nitrogens with one attached hydrogen (secondary N) is 3. The van der Waals surface area contributed by atoms with Crippen LogP contribution in [0.1, 0.15) is 31.0 Å². The number of carboxylic acids is 1. The molecule has 0 aliphatic carbocycles. The van der Waals surface area contributed by atoms with Crippen LogP contribution in [-0.4, -0.2) is 50.5 Å². The highest BCUT2D eigenvalue weighted by molar-refractivity contribution is 5.99. The van der Waals surface area contributed by atoms with Crippen molar-refractivity contribution in [3.05, 3.63) is 84.3 Å². The molecule has 1 amide bonds. The third kappa shape index (κ3) is 6.25. The Morgan fingerprint density at radius 3 is 2.30 bits per heavy atom. The van der Waals surface area contributed by atoms with Crippen molar-refractivity contribution >= 4 is 17.6 Å². The van der Waals surface area contributed by atoms with E-state index in [4.69, 9.17) is 9.90 Å². The van der Waals surface area contributed by atoms with E-state index in [0.717, 1.165) is 72.2 Å². The van der Waals surface area contributed by atoms with Crippen LogP contribution < -0.4 is 10.6 Å². The van der Waals surface area contributed by atoms with Gasteiger partial charge in [-0.05, 0) is 68.2 Å². The first kappa shape index (κ1) is 25.7. The quantitative estimate of drug-likeness (QED) is 0.324. The Bertz CT molecular complexity index is 1330. The molecule has 9 heteroatoms. The van der Waals surface area contributed by atoms with E-state index in [1.54, 1.807) is 6.20 Å². The van der Waals surface area contributed by atoms with Crippen LogP contribution >= 0.6 is 0 Å². The molecule has 3 heterocycles. The van der Waals surface area contributed by atoms with Crippen LogP contribution in [0.25, 0.3) is 22.4 Å². The second-order valence-electron chi connectivity index (χ2n) is 9.01. The van der Waals surface area contributed by atoms with E-state index < -0.39 is 11.4 Å². The average Bonchev–Trinajstić information content (AvgIpc) is 3.45. The smallest absolute Gasteiger partial charge is 0.300 e. The lowest BCUT2D eigenvalue weighted by molar-refractivity contribution is -0.134. The van der Waals surface area contributed by atoms with Gasteiger partial charge in [-0.2, -0.15) is 15.3 Å². The van der Waals surface area contributed by atoms with Crippen molar-refractivity contribution in [2.24, 2.45) is 0 Å². The molecule has 5 rings (SSSR count). The van der Waals surface area contributed by atoms with Crippen molar-refractivity contribution in [2.45, 2.75) is 32.1 Å². The maximum Gasteiger partial charge on any atom is 0.300 e. The molecule has 1 aliphatic rings. The van der Waals surface area contributed by atoms with Gasteiger partial charge in [0.15, 0.2) is 0 Å². The van der Waals surface area contributed by atoms with Crippen LogP contribution in [0.5, 0.6) is 0 Å². The van der Waals surface area contributed by atoms with Gasteiger partial charge in [0.2, 0.25) is 5.91 Å². The first-order chi connectivity index (χ1) is 17.9. The number of aromatic amines is 1. The lowest BCUT2D eigenvalue weighted by Gasteiger charge is -2.37. The summed E-state index contributed by atoms with van der Waals surface area (Å²) < 4.78 is 0. The summed E-state index contributed by atoms with van der Waals surface area (Å²) in [5.74, 6) is -0.813. The van der Waals surface area contributed by atoms with E-state index in [1.807, 2.05) is 49.5 Å². The number of nitrogens with zero attached hydrogens (tertiary/aromatic N) is 3. The Hall–Kier alpha value is -4.37. The predicted octanol–water partition coefficient (Wildman–Crippen LogP) is 4.19. The molecule has 0 saturated carbocycles. The summed E-state index contributed by atoms with van der Waals surface area (Å²) in [7, 11) is 0. The Morgan fingerprint density at radius 1 is 0.946 bits per heavy atom. The number of carbonyl (C=O) groups excluding carboxylic acids is 1. The Kier molecular flexibility index (Phi) is 8.05. The third-order valence-electron chi connectivity index (χ3n) is 6.37. The molecule has 0 unspecified atom stereocenters. The molecule has 2 aromatic carbocycles. The Morgan fingerprint density at radius 2 is 1.68 bits per heavy atom. The SMILES string of the molecule is CC(=O)O.Cc1ccc(-c2cccc(NC(=O)C3(c4ccc(-c5cn[nH]c5)cc4)CCNCC3)c2)nn1. The fraction of sp³-hybridized carbons (Fsp3) is 0.250. The monoisotopic (exact) mass is 498 g/mol. The molecule has 1 saturated heterocycles. The summed E-state index contributed by atoms with van der Waals surface area (Å²) in [6, 6.07) is 19.9. The van der Waals surface area contributed by atoms with Crippen molar-refractivity contribution in [3.63, 3.8) is 0 Å². The van der Waals surface area contributed by atoms with Crippen molar-refractivity contribution < 1.29 is 14.7 Å². The molecule has 0 spiro atoms. The lowest BCUT2D eigenvalue weighted by atomic mass is 9.72. The summed E-state index contributed by atoms with van der Waals surface area (Å²) in [6.45, 7) is 4.60.